The molecule has 0 bridgehead atoms. The van der Waals surface area contributed by atoms with Crippen LogP contribution in [-0.4, -0.2) is 52.9 Å². The maximum absolute atomic E-state index is 13.4. The quantitative estimate of drug-likeness (QED) is 0.237. The van der Waals surface area contributed by atoms with E-state index in [0.29, 0.717) is 21.7 Å². The van der Waals surface area contributed by atoms with Crippen molar-refractivity contribution < 1.29 is 27.5 Å². The molecule has 0 radical (unpaired) electrons. The topological polar surface area (TPSA) is 168 Å². The number of nitrogens with zero attached hydrogens (tertiary/aromatic N) is 4. The van der Waals surface area contributed by atoms with Crippen molar-refractivity contribution in [3.05, 3.63) is 66.0 Å². The van der Waals surface area contributed by atoms with Crippen molar-refractivity contribution in [1.82, 2.24) is 25.3 Å². The van der Waals surface area contributed by atoms with Gasteiger partial charge in [0.25, 0.3) is 10.0 Å². The molecule has 40 heavy (non-hydrogen) atoms. The minimum atomic E-state index is -3.90. The molecule has 2 heterocycles. The SMILES string of the molecule is CCOC(=O)C(Cc1ccccc1)NC(=O)[C@H](C(C)C)n1cc(COc2ccc3nc(S(N)(=O)=O)sc3c2)nn1. The third kappa shape index (κ3) is 7.20. The second kappa shape index (κ2) is 12.5. The van der Waals surface area contributed by atoms with Crippen LogP contribution in [0.2, 0.25) is 0 Å². The zero-order valence-corrected chi connectivity index (χ0v) is 23.8. The van der Waals surface area contributed by atoms with Crippen molar-refractivity contribution >= 4 is 43.5 Å². The van der Waals surface area contributed by atoms with Crippen LogP contribution in [-0.2, 0) is 37.4 Å². The van der Waals surface area contributed by atoms with Gasteiger partial charge in [0, 0.05) is 6.42 Å². The molecule has 12 nitrogen and oxygen atoms in total. The van der Waals surface area contributed by atoms with Gasteiger partial charge in [-0.1, -0.05) is 49.4 Å². The number of esters is 1. The fraction of sp³-hybridized carbons (Fsp3) is 0.346. The number of amides is 1. The molecule has 2 aromatic carbocycles. The van der Waals surface area contributed by atoms with Gasteiger partial charge >= 0.3 is 5.97 Å². The minimum absolute atomic E-state index is 0.0538. The summed E-state index contributed by atoms with van der Waals surface area (Å²) in [4.78, 5) is 30.0. The van der Waals surface area contributed by atoms with Crippen LogP contribution in [0.5, 0.6) is 5.75 Å². The van der Waals surface area contributed by atoms with Crippen LogP contribution in [0.25, 0.3) is 10.2 Å². The number of hydrogen-bond acceptors (Lipinski definition) is 10. The fourth-order valence-electron chi connectivity index (χ4n) is 4.04. The highest BCUT2D eigenvalue weighted by Crippen LogP contribution is 2.28. The van der Waals surface area contributed by atoms with Gasteiger partial charge in [-0.25, -0.2) is 28.0 Å². The molecule has 2 atom stereocenters. The summed E-state index contributed by atoms with van der Waals surface area (Å²) in [6.07, 6.45) is 1.90. The monoisotopic (exact) mass is 586 g/mol. The Morgan fingerprint density at radius 1 is 1.15 bits per heavy atom. The second-order valence-corrected chi connectivity index (χ2v) is 12.1. The average molecular weight is 587 g/mol. The van der Waals surface area contributed by atoms with Crippen LogP contribution in [0, 0.1) is 5.92 Å². The van der Waals surface area contributed by atoms with Crippen LogP contribution in [0.1, 0.15) is 38.1 Å². The molecule has 212 valence electrons. The summed E-state index contributed by atoms with van der Waals surface area (Å²) in [5.41, 5.74) is 1.85. The van der Waals surface area contributed by atoms with Crippen molar-refractivity contribution in [2.24, 2.45) is 11.1 Å². The molecule has 4 rings (SSSR count). The summed E-state index contributed by atoms with van der Waals surface area (Å²) in [6, 6.07) is 12.7. The first-order valence-electron chi connectivity index (χ1n) is 12.5. The molecule has 0 aliphatic rings. The predicted octanol–water partition coefficient (Wildman–Crippen LogP) is 2.60. The molecular weight excluding hydrogens is 556 g/mol. The Bertz CT molecular complexity index is 1590. The van der Waals surface area contributed by atoms with E-state index < -0.39 is 28.1 Å². The second-order valence-electron chi connectivity index (χ2n) is 9.32. The van der Waals surface area contributed by atoms with E-state index >= 15 is 0 Å². The molecule has 1 amide bonds. The van der Waals surface area contributed by atoms with Crippen LogP contribution in [0.15, 0.2) is 59.1 Å². The Labute approximate surface area is 235 Å². The van der Waals surface area contributed by atoms with Crippen molar-refractivity contribution in [1.29, 1.82) is 0 Å². The number of thiazole rings is 1. The molecule has 0 spiro atoms. The molecule has 1 unspecified atom stereocenters. The summed E-state index contributed by atoms with van der Waals surface area (Å²) < 4.78 is 36.1. The Morgan fingerprint density at radius 2 is 1.90 bits per heavy atom. The summed E-state index contributed by atoms with van der Waals surface area (Å²) in [5, 5.41) is 16.3. The van der Waals surface area contributed by atoms with E-state index in [0.717, 1.165) is 16.9 Å². The number of ether oxygens (including phenoxy) is 2. The number of fused-ring (bicyclic) bond motifs is 1. The first-order chi connectivity index (χ1) is 19.0. The number of benzene rings is 2. The number of carbonyl (C=O) groups is 2. The minimum Gasteiger partial charge on any atom is -0.487 e. The summed E-state index contributed by atoms with van der Waals surface area (Å²) in [5.74, 6) is -0.591. The van der Waals surface area contributed by atoms with Gasteiger partial charge in [0.1, 0.15) is 30.1 Å². The van der Waals surface area contributed by atoms with Gasteiger partial charge in [-0.2, -0.15) is 0 Å². The van der Waals surface area contributed by atoms with Crippen LogP contribution >= 0.6 is 11.3 Å². The lowest BCUT2D eigenvalue weighted by atomic mass is 10.0. The van der Waals surface area contributed by atoms with Gasteiger partial charge in [0.2, 0.25) is 10.2 Å². The highest BCUT2D eigenvalue weighted by Gasteiger charge is 2.30. The van der Waals surface area contributed by atoms with Crippen molar-refractivity contribution in [2.75, 3.05) is 6.61 Å². The standard InChI is InChI=1S/C26H30N6O6S2/c1-4-37-25(34)21(12-17-8-6-5-7-9-17)28-24(33)23(16(2)3)32-14-18(30-31-32)15-38-19-10-11-20-22(13-19)39-26(29-20)40(27,35)36/h5-11,13-14,16,21,23H,4,12,15H2,1-3H3,(H,28,33)(H2,27,35,36)/t21?,23-/m0/s1. The number of hydrogen-bond donors (Lipinski definition) is 2. The summed E-state index contributed by atoms with van der Waals surface area (Å²) in [7, 11) is -3.90. The van der Waals surface area contributed by atoms with Gasteiger partial charge < -0.3 is 14.8 Å². The highest BCUT2D eigenvalue weighted by atomic mass is 32.2. The van der Waals surface area contributed by atoms with Crippen molar-refractivity contribution in [2.45, 2.75) is 50.2 Å². The lowest BCUT2D eigenvalue weighted by molar-refractivity contribution is -0.148. The first-order valence-corrected chi connectivity index (χ1v) is 14.9. The van der Waals surface area contributed by atoms with Crippen LogP contribution < -0.4 is 15.2 Å². The zero-order chi connectivity index (χ0) is 28.9. The lowest BCUT2D eigenvalue weighted by Gasteiger charge is -2.24. The molecular formula is C26H30N6O6S2. The van der Waals surface area contributed by atoms with E-state index in [1.54, 1.807) is 31.3 Å². The molecule has 0 fully saturated rings. The number of nitrogens with two attached hydrogens (primary N) is 1. The summed E-state index contributed by atoms with van der Waals surface area (Å²) in [6.45, 7) is 5.71. The normalized spacial score (nSPS) is 13.2. The average Bonchev–Trinajstić information content (AvgIpc) is 3.54. The highest BCUT2D eigenvalue weighted by molar-refractivity contribution is 7.91. The number of sulfonamides is 1. The van der Waals surface area contributed by atoms with Gasteiger partial charge in [-0.15, -0.1) is 16.4 Å². The Morgan fingerprint density at radius 3 is 2.58 bits per heavy atom. The molecule has 0 aliphatic carbocycles. The molecule has 2 aromatic heterocycles. The Balaban J connectivity index is 1.45. The van der Waals surface area contributed by atoms with E-state index in [4.69, 9.17) is 14.6 Å². The number of nitrogens with one attached hydrogen (secondary N) is 1. The zero-order valence-electron chi connectivity index (χ0n) is 22.2. The molecule has 0 saturated heterocycles. The molecule has 3 N–H and O–H groups in total. The van der Waals surface area contributed by atoms with Gasteiger partial charge in [0.15, 0.2) is 0 Å². The number of primary sulfonamides is 1. The van der Waals surface area contributed by atoms with Gasteiger partial charge in [-0.05, 0) is 36.6 Å². The van der Waals surface area contributed by atoms with Gasteiger partial charge in [0.05, 0.1) is 23.0 Å². The molecule has 14 heteroatoms. The van der Waals surface area contributed by atoms with E-state index in [1.807, 2.05) is 44.2 Å². The smallest absolute Gasteiger partial charge is 0.328 e. The predicted molar refractivity (Wildman–Crippen MR) is 148 cm³/mol. The van der Waals surface area contributed by atoms with E-state index in [9.17, 15) is 18.0 Å². The largest absolute Gasteiger partial charge is 0.487 e. The van der Waals surface area contributed by atoms with Crippen molar-refractivity contribution in [3.63, 3.8) is 0 Å². The summed E-state index contributed by atoms with van der Waals surface area (Å²) >= 11 is 0.951. The third-order valence-corrected chi connectivity index (χ3v) is 8.22. The van der Waals surface area contributed by atoms with E-state index in [1.165, 1.54) is 4.68 Å². The van der Waals surface area contributed by atoms with E-state index in [2.05, 4.69) is 20.6 Å². The van der Waals surface area contributed by atoms with Gasteiger partial charge in [-0.3, -0.25) is 4.79 Å². The molecule has 0 aliphatic heterocycles. The van der Waals surface area contributed by atoms with E-state index in [-0.39, 0.29) is 35.8 Å². The Kier molecular flexibility index (Phi) is 9.12. The number of aromatic nitrogens is 4. The van der Waals surface area contributed by atoms with Crippen molar-refractivity contribution in [3.8, 4) is 5.75 Å². The van der Waals surface area contributed by atoms with Crippen LogP contribution in [0.3, 0.4) is 0 Å². The van der Waals surface area contributed by atoms with Crippen LogP contribution in [0.4, 0.5) is 0 Å². The molecule has 4 aromatic rings. The maximum atomic E-state index is 13.4. The maximum Gasteiger partial charge on any atom is 0.328 e. The number of rotatable bonds is 12. The third-order valence-electron chi connectivity index (χ3n) is 5.88. The number of carbonyl (C=O) groups excluding carboxylic acids is 2. The molecule has 0 saturated carbocycles. The lowest BCUT2D eigenvalue weighted by Crippen LogP contribution is -2.47. The first kappa shape index (κ1) is 29.1. The fourth-order valence-corrected chi connectivity index (χ4v) is 5.72. The Hall–Kier alpha value is -3.88.